The van der Waals surface area contributed by atoms with Crippen molar-refractivity contribution in [3.63, 3.8) is 0 Å². The molecule has 1 aliphatic heterocycles. The van der Waals surface area contributed by atoms with E-state index in [1.165, 1.54) is 0 Å². The SMILES string of the molecule is CCCn1cccc1C(=O)N1CCOCC1CC(=O)O. The first-order chi connectivity index (χ1) is 9.63. The predicted octanol–water partition coefficient (Wildman–Crippen LogP) is 1.21. The summed E-state index contributed by atoms with van der Waals surface area (Å²) in [4.78, 5) is 25.1. The van der Waals surface area contributed by atoms with Gasteiger partial charge in [0.2, 0.25) is 0 Å². The van der Waals surface area contributed by atoms with Crippen LogP contribution in [0.1, 0.15) is 30.3 Å². The number of aromatic nitrogens is 1. The molecule has 0 saturated carbocycles. The quantitative estimate of drug-likeness (QED) is 0.880. The van der Waals surface area contributed by atoms with Gasteiger partial charge in [-0.25, -0.2) is 0 Å². The highest BCUT2D eigenvalue weighted by atomic mass is 16.5. The second-order valence-electron chi connectivity index (χ2n) is 4.91. The van der Waals surface area contributed by atoms with Crippen molar-refractivity contribution in [2.75, 3.05) is 19.8 Å². The topological polar surface area (TPSA) is 71.8 Å². The Morgan fingerprint density at radius 3 is 3.00 bits per heavy atom. The molecule has 0 spiro atoms. The van der Waals surface area contributed by atoms with Crippen LogP contribution in [0, 0.1) is 0 Å². The lowest BCUT2D eigenvalue weighted by Crippen LogP contribution is -2.50. The number of carboxylic acid groups (broad SMARTS) is 1. The molecule has 1 unspecified atom stereocenters. The van der Waals surface area contributed by atoms with Crippen LogP contribution in [0.5, 0.6) is 0 Å². The zero-order chi connectivity index (χ0) is 14.5. The van der Waals surface area contributed by atoms with Crippen molar-refractivity contribution in [2.24, 2.45) is 0 Å². The van der Waals surface area contributed by atoms with E-state index in [0.29, 0.717) is 18.8 Å². The molecule has 1 N–H and O–H groups in total. The first-order valence-corrected chi connectivity index (χ1v) is 6.89. The molecule has 1 amide bonds. The molecule has 6 nitrogen and oxygen atoms in total. The van der Waals surface area contributed by atoms with Crippen molar-refractivity contribution in [3.8, 4) is 0 Å². The van der Waals surface area contributed by atoms with Gasteiger partial charge in [0.15, 0.2) is 0 Å². The van der Waals surface area contributed by atoms with Crippen LogP contribution in [0.4, 0.5) is 0 Å². The fourth-order valence-electron chi connectivity index (χ4n) is 2.48. The van der Waals surface area contributed by atoms with Crippen molar-refractivity contribution in [1.29, 1.82) is 0 Å². The highest BCUT2D eigenvalue weighted by Crippen LogP contribution is 2.16. The van der Waals surface area contributed by atoms with E-state index in [0.717, 1.165) is 13.0 Å². The third kappa shape index (κ3) is 3.19. The predicted molar refractivity (Wildman–Crippen MR) is 72.6 cm³/mol. The van der Waals surface area contributed by atoms with Crippen LogP contribution in [-0.2, 0) is 16.1 Å². The van der Waals surface area contributed by atoms with E-state index in [1.54, 1.807) is 11.0 Å². The normalized spacial score (nSPS) is 19.1. The first kappa shape index (κ1) is 14.6. The number of rotatable bonds is 5. The molecule has 20 heavy (non-hydrogen) atoms. The van der Waals surface area contributed by atoms with E-state index in [1.807, 2.05) is 16.8 Å². The summed E-state index contributed by atoms with van der Waals surface area (Å²) in [5.74, 6) is -1.03. The summed E-state index contributed by atoms with van der Waals surface area (Å²) in [7, 11) is 0. The van der Waals surface area contributed by atoms with Crippen LogP contribution in [0.3, 0.4) is 0 Å². The average molecular weight is 280 g/mol. The Balaban J connectivity index is 2.16. The Labute approximate surface area is 117 Å². The fraction of sp³-hybridized carbons (Fsp3) is 0.571. The fourth-order valence-corrected chi connectivity index (χ4v) is 2.48. The molecule has 1 aliphatic rings. The van der Waals surface area contributed by atoms with Crippen molar-refractivity contribution in [3.05, 3.63) is 24.0 Å². The van der Waals surface area contributed by atoms with E-state index in [4.69, 9.17) is 9.84 Å². The molecule has 1 aromatic rings. The van der Waals surface area contributed by atoms with Gasteiger partial charge in [0, 0.05) is 19.3 Å². The molecule has 1 saturated heterocycles. The van der Waals surface area contributed by atoms with Gasteiger partial charge in [0.05, 0.1) is 25.7 Å². The third-order valence-corrected chi connectivity index (χ3v) is 3.41. The number of ether oxygens (including phenoxy) is 1. The molecule has 1 aromatic heterocycles. The minimum absolute atomic E-state index is 0.0831. The van der Waals surface area contributed by atoms with Crippen LogP contribution in [0.25, 0.3) is 0 Å². The van der Waals surface area contributed by atoms with Gasteiger partial charge in [0.25, 0.3) is 5.91 Å². The summed E-state index contributed by atoms with van der Waals surface area (Å²) in [5, 5.41) is 8.94. The second kappa shape index (κ2) is 6.56. The highest BCUT2D eigenvalue weighted by molar-refractivity contribution is 5.93. The van der Waals surface area contributed by atoms with E-state index >= 15 is 0 Å². The molecule has 110 valence electrons. The lowest BCUT2D eigenvalue weighted by Gasteiger charge is -2.35. The number of amides is 1. The van der Waals surface area contributed by atoms with Gasteiger partial charge >= 0.3 is 5.97 Å². The average Bonchev–Trinajstić information content (AvgIpc) is 2.86. The van der Waals surface area contributed by atoms with E-state index < -0.39 is 12.0 Å². The standard InChI is InChI=1S/C14H20N2O4/c1-2-5-15-6-3-4-12(15)14(19)16-7-8-20-10-11(16)9-13(17)18/h3-4,6,11H,2,5,7-10H2,1H3,(H,17,18). The number of hydrogen-bond donors (Lipinski definition) is 1. The molecule has 1 atom stereocenters. The zero-order valence-corrected chi connectivity index (χ0v) is 11.6. The van der Waals surface area contributed by atoms with E-state index in [9.17, 15) is 9.59 Å². The number of carboxylic acids is 1. The molecule has 0 bridgehead atoms. The van der Waals surface area contributed by atoms with Crippen molar-refractivity contribution in [2.45, 2.75) is 32.4 Å². The Bertz CT molecular complexity index is 483. The van der Waals surface area contributed by atoms with Gasteiger partial charge in [-0.1, -0.05) is 6.92 Å². The minimum Gasteiger partial charge on any atom is -0.481 e. The monoisotopic (exact) mass is 280 g/mol. The smallest absolute Gasteiger partial charge is 0.305 e. The largest absolute Gasteiger partial charge is 0.481 e. The second-order valence-corrected chi connectivity index (χ2v) is 4.91. The van der Waals surface area contributed by atoms with Gasteiger partial charge in [0.1, 0.15) is 5.69 Å². The molecular formula is C14H20N2O4. The van der Waals surface area contributed by atoms with Gasteiger partial charge < -0.3 is 19.3 Å². The Morgan fingerprint density at radius 1 is 1.50 bits per heavy atom. The summed E-state index contributed by atoms with van der Waals surface area (Å²) in [6.45, 7) is 4.01. The maximum Gasteiger partial charge on any atom is 0.305 e. The third-order valence-electron chi connectivity index (χ3n) is 3.41. The van der Waals surface area contributed by atoms with Gasteiger partial charge in [-0.3, -0.25) is 9.59 Å². The number of nitrogens with zero attached hydrogens (tertiary/aromatic N) is 2. The van der Waals surface area contributed by atoms with Crippen LogP contribution in [-0.4, -0.2) is 52.3 Å². The summed E-state index contributed by atoms with van der Waals surface area (Å²) in [6.07, 6.45) is 2.74. The Morgan fingerprint density at radius 2 is 2.30 bits per heavy atom. The van der Waals surface area contributed by atoms with Crippen LogP contribution in [0.15, 0.2) is 18.3 Å². The zero-order valence-electron chi connectivity index (χ0n) is 11.6. The Kier molecular flexibility index (Phi) is 4.79. The van der Waals surface area contributed by atoms with Gasteiger partial charge in [-0.05, 0) is 18.6 Å². The van der Waals surface area contributed by atoms with Gasteiger partial charge in [-0.2, -0.15) is 0 Å². The highest BCUT2D eigenvalue weighted by Gasteiger charge is 2.30. The minimum atomic E-state index is -0.915. The van der Waals surface area contributed by atoms with Crippen LogP contribution >= 0.6 is 0 Å². The molecule has 2 rings (SSSR count). The molecular weight excluding hydrogens is 260 g/mol. The molecule has 0 radical (unpaired) electrons. The van der Waals surface area contributed by atoms with E-state index in [-0.39, 0.29) is 18.9 Å². The first-order valence-electron chi connectivity index (χ1n) is 6.89. The maximum absolute atomic E-state index is 12.6. The van der Waals surface area contributed by atoms with E-state index in [2.05, 4.69) is 6.92 Å². The number of morpholine rings is 1. The number of aryl methyl sites for hydroxylation is 1. The molecule has 1 fully saturated rings. The molecule has 6 heteroatoms. The lowest BCUT2D eigenvalue weighted by molar-refractivity contribution is -0.139. The number of carbonyl (C=O) groups excluding carboxylic acids is 1. The molecule has 0 aromatic carbocycles. The number of aliphatic carboxylic acids is 1. The number of carbonyl (C=O) groups is 2. The molecule has 0 aliphatic carbocycles. The van der Waals surface area contributed by atoms with Crippen molar-refractivity contribution >= 4 is 11.9 Å². The maximum atomic E-state index is 12.6. The summed E-state index contributed by atoms with van der Waals surface area (Å²) < 4.78 is 7.21. The Hall–Kier alpha value is -1.82. The van der Waals surface area contributed by atoms with Crippen molar-refractivity contribution in [1.82, 2.24) is 9.47 Å². The van der Waals surface area contributed by atoms with Crippen LogP contribution < -0.4 is 0 Å². The summed E-state index contributed by atoms with van der Waals surface area (Å²) in [6, 6.07) is 3.24. The molecule has 2 heterocycles. The van der Waals surface area contributed by atoms with Crippen molar-refractivity contribution < 1.29 is 19.4 Å². The lowest BCUT2D eigenvalue weighted by atomic mass is 10.1. The summed E-state index contributed by atoms with van der Waals surface area (Å²) >= 11 is 0. The van der Waals surface area contributed by atoms with Gasteiger partial charge in [-0.15, -0.1) is 0 Å². The van der Waals surface area contributed by atoms with Crippen LogP contribution in [0.2, 0.25) is 0 Å². The summed E-state index contributed by atoms with van der Waals surface area (Å²) in [5.41, 5.74) is 0.615. The number of hydrogen-bond acceptors (Lipinski definition) is 3.